The van der Waals surface area contributed by atoms with Crippen LogP contribution in [-0.4, -0.2) is 83.0 Å². The largest absolute Gasteiger partial charge is 0.467 e. The molecule has 2 unspecified atom stereocenters. The summed E-state index contributed by atoms with van der Waals surface area (Å²) in [6, 6.07) is 0.228. The molecule has 2 heterocycles. The first-order chi connectivity index (χ1) is 17.4. The molecule has 0 spiro atoms. The van der Waals surface area contributed by atoms with Crippen LogP contribution in [0.2, 0.25) is 0 Å². The number of carbonyl (C=O) groups excluding carboxylic acids is 2. The Morgan fingerprint density at radius 3 is 2.62 bits per heavy atom. The lowest BCUT2D eigenvalue weighted by molar-refractivity contribution is -0.206. The highest BCUT2D eigenvalue weighted by atomic mass is 31.2. The Morgan fingerprint density at radius 2 is 2.03 bits per heavy atom. The minimum Gasteiger partial charge on any atom is -0.467 e. The third-order valence-electron chi connectivity index (χ3n) is 5.26. The van der Waals surface area contributed by atoms with Crippen LogP contribution in [0.3, 0.4) is 0 Å². The van der Waals surface area contributed by atoms with Crippen molar-refractivity contribution in [3.05, 3.63) is 22.7 Å². The zero-order chi connectivity index (χ0) is 27.8. The lowest BCUT2D eigenvalue weighted by Crippen LogP contribution is -2.49. The Morgan fingerprint density at radius 1 is 1.32 bits per heavy atom. The number of hydrogen-bond donors (Lipinski definition) is 4. The van der Waals surface area contributed by atoms with Crippen LogP contribution in [0.1, 0.15) is 39.8 Å². The number of nitrogens with zero attached hydrogens (tertiary/aromatic N) is 2. The summed E-state index contributed by atoms with van der Waals surface area (Å²) in [5, 5.41) is 23.3. The standard InChI is InChI=1S/C21H35N4O11P/c1-5-33-20(29)13(8-12(2)3)24-37(31,35-11-18(28)32-4)34-10-16-14(26)9-15(27)19(36-16)25-7-6-17(22)23-21(25)30/h6-7,12-16,19,26-27H,5,8-11H2,1-4H3,(H,24,31)(H2,22,23,30)/t13-,14+,15?,16+,19+,37?/m0/s1. The second-order valence-corrected chi connectivity index (χ2v) is 10.5. The fraction of sp³-hybridized carbons (Fsp3) is 0.714. The van der Waals surface area contributed by atoms with Crippen molar-refractivity contribution in [2.45, 2.75) is 64.2 Å². The molecule has 0 bridgehead atoms. The Bertz CT molecular complexity index is 1020. The normalized spacial score (nSPS) is 24.3. The van der Waals surface area contributed by atoms with Crippen molar-refractivity contribution in [1.29, 1.82) is 0 Å². The summed E-state index contributed by atoms with van der Waals surface area (Å²) in [4.78, 5) is 39.9. The molecule has 0 aromatic carbocycles. The summed E-state index contributed by atoms with van der Waals surface area (Å²) in [6.07, 6.45) is -3.75. The average Bonchev–Trinajstić information content (AvgIpc) is 2.82. The number of nitrogens with one attached hydrogen (secondary N) is 1. The maximum Gasteiger partial charge on any atom is 0.406 e. The fourth-order valence-electron chi connectivity index (χ4n) is 3.48. The zero-order valence-electron chi connectivity index (χ0n) is 21.1. The van der Waals surface area contributed by atoms with Gasteiger partial charge in [0.15, 0.2) is 12.8 Å². The summed E-state index contributed by atoms with van der Waals surface area (Å²) < 4.78 is 40.4. The molecular weight excluding hydrogens is 515 g/mol. The third-order valence-corrected chi connectivity index (χ3v) is 6.85. The lowest BCUT2D eigenvalue weighted by Gasteiger charge is -2.38. The molecule has 2 rings (SSSR count). The lowest BCUT2D eigenvalue weighted by atomic mass is 10.0. The van der Waals surface area contributed by atoms with Crippen LogP contribution < -0.4 is 16.5 Å². The second kappa shape index (κ2) is 14.0. The SMILES string of the molecule is CCOC(=O)[C@H](CC(C)C)NP(=O)(OCC(=O)OC)OC[C@H]1O[C@@H](n2ccc(N)nc2=O)C(O)C[C@H]1O. The van der Waals surface area contributed by atoms with Crippen LogP contribution in [-0.2, 0) is 37.4 Å². The van der Waals surface area contributed by atoms with Gasteiger partial charge in [0.2, 0.25) is 0 Å². The maximum absolute atomic E-state index is 13.6. The summed E-state index contributed by atoms with van der Waals surface area (Å²) in [5.41, 5.74) is 4.71. The van der Waals surface area contributed by atoms with Crippen LogP contribution in [0.15, 0.2) is 17.1 Å². The molecule has 6 atom stereocenters. The molecule has 0 amide bonds. The van der Waals surface area contributed by atoms with Gasteiger partial charge in [-0.25, -0.2) is 19.2 Å². The molecular formula is C21H35N4O11P. The van der Waals surface area contributed by atoms with Crippen LogP contribution in [0.4, 0.5) is 5.82 Å². The topological polar surface area (TPSA) is 211 Å². The van der Waals surface area contributed by atoms with Crippen molar-refractivity contribution < 1.29 is 47.6 Å². The van der Waals surface area contributed by atoms with Crippen LogP contribution in [0, 0.1) is 5.92 Å². The number of aromatic nitrogens is 2. The van der Waals surface area contributed by atoms with E-state index < -0.39 is 69.2 Å². The van der Waals surface area contributed by atoms with Crippen molar-refractivity contribution in [2.24, 2.45) is 5.92 Å². The van der Waals surface area contributed by atoms with Gasteiger partial charge in [-0.2, -0.15) is 4.98 Å². The molecule has 1 aliphatic heterocycles. The number of ether oxygens (including phenoxy) is 3. The number of carbonyl (C=O) groups is 2. The van der Waals surface area contributed by atoms with Crippen molar-refractivity contribution in [2.75, 3.05) is 32.7 Å². The number of anilines is 1. The number of nitrogen functional groups attached to an aromatic ring is 1. The van der Waals surface area contributed by atoms with Gasteiger partial charge < -0.3 is 30.2 Å². The van der Waals surface area contributed by atoms with E-state index in [1.807, 2.05) is 13.8 Å². The van der Waals surface area contributed by atoms with Crippen LogP contribution in [0.5, 0.6) is 0 Å². The maximum atomic E-state index is 13.6. The molecule has 1 aromatic rings. The fourth-order valence-corrected chi connectivity index (χ4v) is 4.92. The van der Waals surface area contributed by atoms with E-state index in [2.05, 4.69) is 14.8 Å². The Kier molecular flexibility index (Phi) is 11.6. The number of esters is 2. The smallest absolute Gasteiger partial charge is 0.406 e. The molecule has 1 fully saturated rings. The van der Waals surface area contributed by atoms with Gasteiger partial charge in [-0.3, -0.25) is 18.4 Å². The molecule has 210 valence electrons. The van der Waals surface area contributed by atoms with E-state index in [1.165, 1.54) is 12.3 Å². The molecule has 37 heavy (non-hydrogen) atoms. The third kappa shape index (κ3) is 9.14. The Labute approximate surface area is 213 Å². The average molecular weight is 551 g/mol. The molecule has 0 aliphatic carbocycles. The monoisotopic (exact) mass is 550 g/mol. The van der Waals surface area contributed by atoms with Gasteiger partial charge in [-0.05, 0) is 25.3 Å². The van der Waals surface area contributed by atoms with E-state index in [9.17, 15) is 29.2 Å². The van der Waals surface area contributed by atoms with Crippen molar-refractivity contribution in [3.8, 4) is 0 Å². The highest BCUT2D eigenvalue weighted by Crippen LogP contribution is 2.45. The summed E-state index contributed by atoms with van der Waals surface area (Å²) in [5.74, 6) is -1.60. The number of methoxy groups -OCH3 is 1. The van der Waals surface area contributed by atoms with E-state index >= 15 is 0 Å². The first-order valence-corrected chi connectivity index (χ1v) is 13.2. The highest BCUT2D eigenvalue weighted by molar-refractivity contribution is 7.51. The molecule has 1 saturated heterocycles. The minimum atomic E-state index is -4.40. The van der Waals surface area contributed by atoms with Gasteiger partial charge >= 0.3 is 25.4 Å². The Balaban J connectivity index is 2.23. The number of aliphatic hydroxyl groups is 2. The van der Waals surface area contributed by atoms with E-state index in [-0.39, 0.29) is 31.2 Å². The van der Waals surface area contributed by atoms with Gasteiger partial charge in [0.25, 0.3) is 0 Å². The molecule has 15 nitrogen and oxygen atoms in total. The number of aliphatic hydroxyl groups excluding tert-OH is 2. The highest BCUT2D eigenvalue weighted by Gasteiger charge is 2.41. The molecule has 0 radical (unpaired) electrons. The van der Waals surface area contributed by atoms with E-state index in [0.29, 0.717) is 0 Å². The summed E-state index contributed by atoms with van der Waals surface area (Å²) >= 11 is 0. The van der Waals surface area contributed by atoms with Gasteiger partial charge in [0, 0.05) is 12.6 Å². The molecule has 1 aliphatic rings. The molecule has 5 N–H and O–H groups in total. The Hall–Kier alpha value is -2.39. The molecule has 0 saturated carbocycles. The quantitative estimate of drug-likeness (QED) is 0.184. The van der Waals surface area contributed by atoms with E-state index in [4.69, 9.17) is 24.3 Å². The van der Waals surface area contributed by atoms with Crippen molar-refractivity contribution >= 4 is 25.5 Å². The van der Waals surface area contributed by atoms with Crippen molar-refractivity contribution in [3.63, 3.8) is 0 Å². The zero-order valence-corrected chi connectivity index (χ0v) is 22.0. The first kappa shape index (κ1) is 30.8. The predicted octanol–water partition coefficient (Wildman–Crippen LogP) is -0.283. The van der Waals surface area contributed by atoms with E-state index in [0.717, 1.165) is 11.7 Å². The summed E-state index contributed by atoms with van der Waals surface area (Å²) in [6.45, 7) is 4.03. The number of nitrogens with two attached hydrogens (primary N) is 1. The van der Waals surface area contributed by atoms with Gasteiger partial charge in [-0.15, -0.1) is 0 Å². The molecule has 1 aromatic heterocycles. The molecule has 16 heteroatoms. The van der Waals surface area contributed by atoms with E-state index in [1.54, 1.807) is 6.92 Å². The van der Waals surface area contributed by atoms with Crippen LogP contribution >= 0.6 is 7.75 Å². The van der Waals surface area contributed by atoms with Crippen molar-refractivity contribution in [1.82, 2.24) is 14.6 Å². The van der Waals surface area contributed by atoms with Crippen LogP contribution in [0.25, 0.3) is 0 Å². The van der Waals surface area contributed by atoms with Gasteiger partial charge in [-0.1, -0.05) is 13.8 Å². The van der Waals surface area contributed by atoms with Gasteiger partial charge in [0.05, 0.1) is 26.4 Å². The van der Waals surface area contributed by atoms with Gasteiger partial charge in [0.1, 0.15) is 24.1 Å². The second-order valence-electron chi connectivity index (χ2n) is 8.68. The minimum absolute atomic E-state index is 0.0199. The summed E-state index contributed by atoms with van der Waals surface area (Å²) in [7, 11) is -3.29. The first-order valence-electron chi connectivity index (χ1n) is 11.7. The number of hydrogen-bond acceptors (Lipinski definition) is 13. The number of rotatable bonds is 13. The predicted molar refractivity (Wildman–Crippen MR) is 128 cm³/mol.